The summed E-state index contributed by atoms with van der Waals surface area (Å²) in [7, 11) is 0. The Labute approximate surface area is 89.8 Å². The predicted molar refractivity (Wildman–Crippen MR) is 60.9 cm³/mol. The molecule has 0 heterocycles. The lowest BCUT2D eigenvalue weighted by atomic mass is 9.83. The van der Waals surface area contributed by atoms with Crippen LogP contribution >= 0.6 is 0 Å². The average Bonchev–Trinajstić information content (AvgIpc) is 2.61. The zero-order valence-electron chi connectivity index (χ0n) is 9.18. The van der Waals surface area contributed by atoms with Crippen LogP contribution in [0.1, 0.15) is 25.0 Å². The van der Waals surface area contributed by atoms with Crippen molar-refractivity contribution in [2.75, 3.05) is 6.54 Å². The Balaban J connectivity index is 2.35. The summed E-state index contributed by atoms with van der Waals surface area (Å²) in [5.41, 5.74) is 9.25. The molecule has 1 nitrogen and oxygen atoms in total. The number of halogens is 1. The fraction of sp³-hybridized carbons (Fsp3) is 0.385. The Kier molecular flexibility index (Phi) is 2.39. The highest BCUT2D eigenvalue weighted by Gasteiger charge is 2.25. The molecule has 0 saturated heterocycles. The maximum absolute atomic E-state index is 13.0. The van der Waals surface area contributed by atoms with Gasteiger partial charge in [-0.1, -0.05) is 31.6 Å². The van der Waals surface area contributed by atoms with Gasteiger partial charge in [0, 0.05) is 6.54 Å². The highest BCUT2D eigenvalue weighted by Crippen LogP contribution is 2.36. The standard InChI is InChI=1S/C13H16FN/c1-13(2,8-15)11-5-9-3-4-12(14)7-10(9)6-11/h3-4,6-7H,5,8,15H2,1-2H3. The van der Waals surface area contributed by atoms with E-state index in [4.69, 9.17) is 5.73 Å². The molecule has 2 N–H and O–H groups in total. The largest absolute Gasteiger partial charge is 0.330 e. The summed E-state index contributed by atoms with van der Waals surface area (Å²) in [4.78, 5) is 0. The lowest BCUT2D eigenvalue weighted by Gasteiger charge is -2.24. The molecule has 0 radical (unpaired) electrons. The van der Waals surface area contributed by atoms with Gasteiger partial charge in [0.15, 0.2) is 0 Å². The number of fused-ring (bicyclic) bond motifs is 1. The summed E-state index contributed by atoms with van der Waals surface area (Å²) in [6, 6.07) is 4.97. The molecule has 0 atom stereocenters. The molecule has 0 unspecified atom stereocenters. The van der Waals surface area contributed by atoms with Crippen molar-refractivity contribution >= 4 is 6.08 Å². The topological polar surface area (TPSA) is 26.0 Å². The SMILES string of the molecule is CC(C)(CN)C1=Cc2cc(F)ccc2C1. The third-order valence-corrected chi connectivity index (χ3v) is 3.20. The van der Waals surface area contributed by atoms with E-state index in [9.17, 15) is 4.39 Å². The van der Waals surface area contributed by atoms with Crippen LogP contribution in [0.15, 0.2) is 23.8 Å². The van der Waals surface area contributed by atoms with Crippen molar-refractivity contribution in [3.63, 3.8) is 0 Å². The van der Waals surface area contributed by atoms with Crippen molar-refractivity contribution in [3.05, 3.63) is 40.7 Å². The van der Waals surface area contributed by atoms with Crippen LogP contribution in [0.4, 0.5) is 4.39 Å². The maximum atomic E-state index is 13.0. The van der Waals surface area contributed by atoms with E-state index in [0.29, 0.717) is 6.54 Å². The molecule has 1 aromatic carbocycles. The third-order valence-electron chi connectivity index (χ3n) is 3.20. The van der Waals surface area contributed by atoms with Gasteiger partial charge in [-0.2, -0.15) is 0 Å². The van der Waals surface area contributed by atoms with E-state index in [-0.39, 0.29) is 11.2 Å². The quantitative estimate of drug-likeness (QED) is 0.789. The first kappa shape index (κ1) is 10.4. The van der Waals surface area contributed by atoms with Crippen molar-refractivity contribution in [2.45, 2.75) is 20.3 Å². The molecule has 1 aliphatic rings. The van der Waals surface area contributed by atoms with Crippen LogP contribution < -0.4 is 5.73 Å². The minimum atomic E-state index is -0.170. The van der Waals surface area contributed by atoms with E-state index in [2.05, 4.69) is 19.9 Å². The van der Waals surface area contributed by atoms with Crippen LogP contribution in [0, 0.1) is 11.2 Å². The highest BCUT2D eigenvalue weighted by atomic mass is 19.1. The smallest absolute Gasteiger partial charge is 0.123 e. The van der Waals surface area contributed by atoms with E-state index in [1.807, 2.05) is 6.07 Å². The fourth-order valence-corrected chi connectivity index (χ4v) is 1.87. The first-order valence-electron chi connectivity index (χ1n) is 5.22. The second-order valence-corrected chi connectivity index (χ2v) is 4.78. The van der Waals surface area contributed by atoms with Crippen molar-refractivity contribution in [1.82, 2.24) is 0 Å². The molecule has 0 saturated carbocycles. The van der Waals surface area contributed by atoms with Gasteiger partial charge in [0.2, 0.25) is 0 Å². The van der Waals surface area contributed by atoms with Gasteiger partial charge in [-0.3, -0.25) is 0 Å². The Morgan fingerprint density at radius 3 is 2.80 bits per heavy atom. The van der Waals surface area contributed by atoms with Crippen LogP contribution in [-0.2, 0) is 6.42 Å². The Morgan fingerprint density at radius 2 is 2.13 bits per heavy atom. The van der Waals surface area contributed by atoms with Gasteiger partial charge in [-0.15, -0.1) is 0 Å². The Bertz CT molecular complexity index is 419. The minimum absolute atomic E-state index is 0.00942. The van der Waals surface area contributed by atoms with E-state index in [1.165, 1.54) is 17.2 Å². The number of nitrogens with two attached hydrogens (primary N) is 1. The molecular formula is C13H16FN. The van der Waals surface area contributed by atoms with E-state index >= 15 is 0 Å². The van der Waals surface area contributed by atoms with Crippen molar-refractivity contribution in [1.29, 1.82) is 0 Å². The summed E-state index contributed by atoms with van der Waals surface area (Å²) >= 11 is 0. The van der Waals surface area contributed by atoms with Crippen molar-refractivity contribution < 1.29 is 4.39 Å². The summed E-state index contributed by atoms with van der Waals surface area (Å²) in [6.45, 7) is 4.87. The second-order valence-electron chi connectivity index (χ2n) is 4.78. The summed E-state index contributed by atoms with van der Waals surface area (Å²) in [5, 5.41) is 0. The molecule has 1 aliphatic carbocycles. The monoisotopic (exact) mass is 205 g/mol. The second kappa shape index (κ2) is 3.46. The van der Waals surface area contributed by atoms with Gasteiger partial charge in [0.05, 0.1) is 0 Å². The molecule has 2 rings (SSSR count). The number of rotatable bonds is 2. The zero-order valence-corrected chi connectivity index (χ0v) is 9.18. The molecule has 0 aromatic heterocycles. The lowest BCUT2D eigenvalue weighted by Crippen LogP contribution is -2.25. The van der Waals surface area contributed by atoms with Gasteiger partial charge in [-0.05, 0) is 35.1 Å². The lowest BCUT2D eigenvalue weighted by molar-refractivity contribution is 0.456. The molecule has 15 heavy (non-hydrogen) atoms. The molecule has 0 amide bonds. The maximum Gasteiger partial charge on any atom is 0.123 e. The van der Waals surface area contributed by atoms with Crippen LogP contribution in [0.5, 0.6) is 0 Å². The molecule has 2 heteroatoms. The highest BCUT2D eigenvalue weighted by molar-refractivity contribution is 5.65. The molecule has 0 aliphatic heterocycles. The molecule has 80 valence electrons. The first-order chi connectivity index (χ1) is 7.03. The van der Waals surface area contributed by atoms with E-state index in [0.717, 1.165) is 12.0 Å². The minimum Gasteiger partial charge on any atom is -0.330 e. The van der Waals surface area contributed by atoms with Crippen molar-refractivity contribution in [3.8, 4) is 0 Å². The predicted octanol–water partition coefficient (Wildman–Crippen LogP) is 2.75. The first-order valence-corrected chi connectivity index (χ1v) is 5.22. The number of hydrogen-bond donors (Lipinski definition) is 1. The van der Waals surface area contributed by atoms with E-state index < -0.39 is 0 Å². The van der Waals surface area contributed by atoms with Gasteiger partial charge >= 0.3 is 0 Å². The molecular weight excluding hydrogens is 189 g/mol. The van der Waals surface area contributed by atoms with Crippen LogP contribution in [0.25, 0.3) is 6.08 Å². The van der Waals surface area contributed by atoms with Crippen LogP contribution in [0.2, 0.25) is 0 Å². The Hall–Kier alpha value is -1.15. The summed E-state index contributed by atoms with van der Waals surface area (Å²) in [5.74, 6) is -0.170. The number of benzene rings is 1. The average molecular weight is 205 g/mol. The molecule has 1 aromatic rings. The number of hydrogen-bond acceptors (Lipinski definition) is 1. The Morgan fingerprint density at radius 1 is 1.40 bits per heavy atom. The van der Waals surface area contributed by atoms with Crippen LogP contribution in [0.3, 0.4) is 0 Å². The van der Waals surface area contributed by atoms with E-state index in [1.54, 1.807) is 6.07 Å². The van der Waals surface area contributed by atoms with Gasteiger partial charge in [0.25, 0.3) is 0 Å². The van der Waals surface area contributed by atoms with Gasteiger partial charge in [0.1, 0.15) is 5.82 Å². The van der Waals surface area contributed by atoms with Crippen molar-refractivity contribution in [2.24, 2.45) is 11.1 Å². The van der Waals surface area contributed by atoms with Crippen LogP contribution in [-0.4, -0.2) is 6.54 Å². The zero-order chi connectivity index (χ0) is 11.1. The summed E-state index contributed by atoms with van der Waals surface area (Å²) < 4.78 is 13.0. The third kappa shape index (κ3) is 1.82. The van der Waals surface area contributed by atoms with Gasteiger partial charge in [-0.25, -0.2) is 4.39 Å². The molecule has 0 spiro atoms. The fourth-order valence-electron chi connectivity index (χ4n) is 1.87. The molecule has 0 fully saturated rings. The normalized spacial score (nSPS) is 15.1. The van der Waals surface area contributed by atoms with Gasteiger partial charge < -0.3 is 5.73 Å². The molecule has 0 bridgehead atoms. The summed E-state index contributed by atoms with van der Waals surface area (Å²) in [6.07, 6.45) is 2.98.